The van der Waals surface area contributed by atoms with Crippen molar-refractivity contribution in [3.05, 3.63) is 17.8 Å². The Morgan fingerprint density at radius 3 is 2.52 bits per heavy atom. The molecule has 4 heterocycles. The lowest BCUT2D eigenvalue weighted by Gasteiger charge is -2.40. The number of ether oxygens (including phenoxy) is 1. The molecule has 2 bridgehead atoms. The van der Waals surface area contributed by atoms with Crippen LogP contribution >= 0.6 is 0 Å². The summed E-state index contributed by atoms with van der Waals surface area (Å²) in [5.41, 5.74) is 0.978. The van der Waals surface area contributed by atoms with Crippen LogP contribution in [0.1, 0.15) is 49.0 Å². The molecule has 4 aliphatic rings. The lowest BCUT2D eigenvalue weighted by atomic mass is 9.87. The van der Waals surface area contributed by atoms with E-state index in [0.717, 1.165) is 38.5 Å². The van der Waals surface area contributed by atoms with Gasteiger partial charge in [0.15, 0.2) is 5.78 Å². The highest BCUT2D eigenvalue weighted by atomic mass is 19.3. The number of nitrogens with zero attached hydrogens (tertiary/aromatic N) is 2. The largest absolute Gasteiger partial charge is 0.476 e. The Hall–Kier alpha value is -1.76. The van der Waals surface area contributed by atoms with E-state index in [0.29, 0.717) is 41.9 Å². The number of pyridine rings is 1. The Morgan fingerprint density at radius 1 is 1.19 bits per heavy atom. The summed E-state index contributed by atoms with van der Waals surface area (Å²) in [6.07, 6.45) is 6.26. The van der Waals surface area contributed by atoms with Crippen molar-refractivity contribution in [3.63, 3.8) is 0 Å². The Labute approximate surface area is 157 Å². The molecule has 3 atom stereocenters. The van der Waals surface area contributed by atoms with E-state index in [2.05, 4.69) is 10.3 Å². The number of piperidine rings is 1. The van der Waals surface area contributed by atoms with Gasteiger partial charge in [-0.15, -0.1) is 0 Å². The van der Waals surface area contributed by atoms with Crippen molar-refractivity contribution in [1.29, 1.82) is 0 Å². The van der Waals surface area contributed by atoms with E-state index in [9.17, 15) is 13.6 Å². The monoisotopic (exact) mass is 377 g/mol. The van der Waals surface area contributed by atoms with Crippen LogP contribution in [0, 0.1) is 11.8 Å². The Morgan fingerprint density at radius 2 is 1.89 bits per heavy atom. The highest BCUT2D eigenvalue weighted by Crippen LogP contribution is 2.39. The van der Waals surface area contributed by atoms with Gasteiger partial charge in [-0.25, -0.2) is 13.8 Å². The standard InChI is InChI=1S/C20H25F2N3O2/c21-20(22)10-25(11-20)17-6-5-16(24-19(17)27-9-12-1-2-12)18(26)13-7-14-3-4-15(8-13)23-14/h5-6,12-15,23H,1-4,7-11H2/t13?,14-,15+. The second-order valence-corrected chi connectivity index (χ2v) is 8.66. The van der Waals surface area contributed by atoms with Gasteiger partial charge in [0.1, 0.15) is 11.4 Å². The van der Waals surface area contributed by atoms with Crippen molar-refractivity contribution >= 4 is 11.5 Å². The second kappa shape index (κ2) is 6.40. The lowest BCUT2D eigenvalue weighted by molar-refractivity contribution is -0.0265. The highest BCUT2D eigenvalue weighted by Gasteiger charge is 2.45. The Balaban J connectivity index is 1.36. The summed E-state index contributed by atoms with van der Waals surface area (Å²) in [5.74, 6) is -1.75. The first-order chi connectivity index (χ1) is 13.0. The molecule has 1 aromatic rings. The Kier molecular flexibility index (Phi) is 4.11. The molecule has 1 saturated carbocycles. The predicted molar refractivity (Wildman–Crippen MR) is 96.6 cm³/mol. The van der Waals surface area contributed by atoms with Crippen LogP contribution in [0.5, 0.6) is 5.88 Å². The zero-order valence-corrected chi connectivity index (χ0v) is 15.3. The number of fused-ring (bicyclic) bond motifs is 2. The first-order valence-corrected chi connectivity index (χ1v) is 10.0. The number of hydrogen-bond acceptors (Lipinski definition) is 5. The molecule has 7 heteroatoms. The minimum absolute atomic E-state index is 0.00766. The number of rotatable bonds is 6. The van der Waals surface area contributed by atoms with Gasteiger partial charge in [0, 0.05) is 18.0 Å². The molecule has 27 heavy (non-hydrogen) atoms. The number of halogens is 2. The molecule has 1 aliphatic carbocycles. The van der Waals surface area contributed by atoms with Gasteiger partial charge in [0.25, 0.3) is 5.92 Å². The van der Waals surface area contributed by atoms with Crippen LogP contribution in [0.3, 0.4) is 0 Å². The summed E-state index contributed by atoms with van der Waals surface area (Å²) < 4.78 is 32.4. The maximum atomic E-state index is 13.3. The fourth-order valence-corrected chi connectivity index (χ4v) is 4.56. The van der Waals surface area contributed by atoms with E-state index >= 15 is 0 Å². The van der Waals surface area contributed by atoms with E-state index < -0.39 is 5.92 Å². The fraction of sp³-hybridized carbons (Fsp3) is 0.700. The van der Waals surface area contributed by atoms with Crippen LogP contribution in [0.15, 0.2) is 12.1 Å². The van der Waals surface area contributed by atoms with Crippen molar-refractivity contribution in [2.24, 2.45) is 11.8 Å². The maximum absolute atomic E-state index is 13.3. The van der Waals surface area contributed by atoms with Gasteiger partial charge in [-0.1, -0.05) is 0 Å². The molecule has 1 N–H and O–H groups in total. The van der Waals surface area contributed by atoms with Crippen molar-refractivity contribution in [2.45, 2.75) is 56.5 Å². The van der Waals surface area contributed by atoms with Crippen LogP contribution < -0.4 is 15.0 Å². The molecular weight excluding hydrogens is 352 g/mol. The molecule has 0 aromatic carbocycles. The Bertz CT molecular complexity index is 733. The van der Waals surface area contributed by atoms with Crippen molar-refractivity contribution < 1.29 is 18.3 Å². The molecule has 5 rings (SSSR count). The number of anilines is 1. The summed E-state index contributed by atoms with van der Waals surface area (Å²) in [6, 6.07) is 4.28. The number of Topliss-reactive ketones (excluding diaryl/α,β-unsaturated/α-hetero) is 1. The van der Waals surface area contributed by atoms with Gasteiger partial charge in [0.05, 0.1) is 19.7 Å². The number of alkyl halides is 2. The third-order valence-electron chi connectivity index (χ3n) is 6.27. The number of hydrogen-bond donors (Lipinski definition) is 1. The second-order valence-electron chi connectivity index (χ2n) is 8.66. The van der Waals surface area contributed by atoms with Gasteiger partial charge < -0.3 is 15.0 Å². The molecule has 0 amide bonds. The average Bonchev–Trinajstić information content (AvgIpc) is 3.40. The van der Waals surface area contributed by atoms with Crippen molar-refractivity contribution in [3.8, 4) is 5.88 Å². The number of nitrogens with one attached hydrogen (secondary N) is 1. The quantitative estimate of drug-likeness (QED) is 0.773. The first-order valence-electron chi connectivity index (χ1n) is 10.0. The van der Waals surface area contributed by atoms with Gasteiger partial charge >= 0.3 is 0 Å². The van der Waals surface area contributed by atoms with Gasteiger partial charge in [0.2, 0.25) is 5.88 Å². The molecule has 4 fully saturated rings. The number of carbonyl (C=O) groups is 1. The van der Waals surface area contributed by atoms with Gasteiger partial charge in [-0.3, -0.25) is 4.79 Å². The summed E-state index contributed by atoms with van der Waals surface area (Å²) in [6.45, 7) is -0.0990. The SMILES string of the molecule is O=C(c1ccc(N2CC(F)(F)C2)c(OCC2CC2)n1)C1C[C@H]2CC[C@@H](C1)N2. The molecule has 3 aliphatic heterocycles. The maximum Gasteiger partial charge on any atom is 0.282 e. The van der Waals surface area contributed by atoms with Gasteiger partial charge in [-0.2, -0.15) is 0 Å². The summed E-state index contributed by atoms with van der Waals surface area (Å²) in [7, 11) is 0. The van der Waals surface area contributed by atoms with Crippen LogP contribution in [-0.4, -0.2) is 48.5 Å². The number of aromatic nitrogens is 1. The molecule has 146 valence electrons. The molecule has 1 aromatic heterocycles. The molecule has 5 nitrogen and oxygen atoms in total. The molecule has 0 spiro atoms. The average molecular weight is 377 g/mol. The lowest BCUT2D eigenvalue weighted by Crippen LogP contribution is -2.56. The first kappa shape index (κ1) is 17.3. The highest BCUT2D eigenvalue weighted by molar-refractivity contribution is 5.96. The summed E-state index contributed by atoms with van der Waals surface area (Å²) in [4.78, 5) is 19.1. The molecule has 1 unspecified atom stereocenters. The number of ketones is 1. The normalized spacial score (nSPS) is 31.5. The van der Waals surface area contributed by atoms with E-state index in [1.807, 2.05) is 0 Å². The zero-order chi connectivity index (χ0) is 18.6. The number of carbonyl (C=O) groups excluding carboxylic acids is 1. The zero-order valence-electron chi connectivity index (χ0n) is 15.3. The predicted octanol–water partition coefficient (Wildman–Crippen LogP) is 3.04. The molecule has 0 radical (unpaired) electrons. The van der Waals surface area contributed by atoms with Crippen molar-refractivity contribution in [2.75, 3.05) is 24.6 Å². The van der Waals surface area contributed by atoms with Crippen LogP contribution in [0.2, 0.25) is 0 Å². The minimum atomic E-state index is -2.66. The van der Waals surface area contributed by atoms with Gasteiger partial charge in [-0.05, 0) is 56.6 Å². The van der Waals surface area contributed by atoms with E-state index in [-0.39, 0.29) is 24.8 Å². The van der Waals surface area contributed by atoms with E-state index in [4.69, 9.17) is 4.74 Å². The third-order valence-corrected chi connectivity index (χ3v) is 6.27. The molecule has 3 saturated heterocycles. The summed E-state index contributed by atoms with van der Waals surface area (Å²) >= 11 is 0. The van der Waals surface area contributed by atoms with Crippen LogP contribution in [0.25, 0.3) is 0 Å². The minimum Gasteiger partial charge on any atom is -0.476 e. The fourth-order valence-electron chi connectivity index (χ4n) is 4.56. The molecular formula is C20H25F2N3O2. The van der Waals surface area contributed by atoms with E-state index in [1.54, 1.807) is 17.0 Å². The van der Waals surface area contributed by atoms with Crippen LogP contribution in [-0.2, 0) is 0 Å². The topological polar surface area (TPSA) is 54.5 Å². The van der Waals surface area contributed by atoms with Crippen molar-refractivity contribution in [1.82, 2.24) is 10.3 Å². The van der Waals surface area contributed by atoms with Crippen LogP contribution in [0.4, 0.5) is 14.5 Å². The summed E-state index contributed by atoms with van der Waals surface area (Å²) in [5, 5.41) is 3.55. The smallest absolute Gasteiger partial charge is 0.282 e. The third kappa shape index (κ3) is 3.53. The van der Waals surface area contributed by atoms with E-state index in [1.165, 1.54) is 0 Å².